The van der Waals surface area contributed by atoms with Crippen LogP contribution in [-0.4, -0.2) is 5.91 Å². The lowest BCUT2D eigenvalue weighted by molar-refractivity contribution is -0.119. The largest absolute Gasteiger partial charge is 0.324 e. The summed E-state index contributed by atoms with van der Waals surface area (Å²) in [5.41, 5.74) is 1.69. The first-order chi connectivity index (χ1) is 16.2. The molecule has 3 heteroatoms. The normalized spacial score (nSPS) is 12.6. The zero-order chi connectivity index (χ0) is 22.7. The van der Waals surface area contributed by atoms with E-state index < -0.39 is 5.41 Å². The monoisotopic (exact) mass is 445 g/mol. The highest BCUT2D eigenvalue weighted by Gasteiger charge is 2.37. The molecule has 33 heavy (non-hydrogen) atoms. The molecule has 0 spiro atoms. The maximum absolute atomic E-state index is 13.9. The van der Waals surface area contributed by atoms with Gasteiger partial charge in [0.05, 0.1) is 0 Å². The molecule has 0 aliphatic rings. The van der Waals surface area contributed by atoms with Gasteiger partial charge in [-0.05, 0) is 29.5 Å². The molecular formula is C30H23NOS. The molecule has 4 aromatic carbocycles. The molecule has 0 aliphatic carbocycles. The van der Waals surface area contributed by atoms with Gasteiger partial charge in [-0.1, -0.05) is 104 Å². The summed E-state index contributed by atoms with van der Waals surface area (Å²) < 4.78 is 1.20. The average molecular weight is 446 g/mol. The number of carbonyl (C=O) groups excluding carboxylic acids is 1. The van der Waals surface area contributed by atoms with Gasteiger partial charge in [0, 0.05) is 32.1 Å². The third kappa shape index (κ3) is 3.91. The van der Waals surface area contributed by atoms with Gasteiger partial charge >= 0.3 is 0 Å². The number of benzene rings is 4. The summed E-state index contributed by atoms with van der Waals surface area (Å²) >= 11 is 1.68. The molecule has 0 bridgehead atoms. The van der Waals surface area contributed by atoms with Gasteiger partial charge in [-0.2, -0.15) is 0 Å². The van der Waals surface area contributed by atoms with Crippen LogP contribution in [0.2, 0.25) is 0 Å². The molecule has 0 fully saturated rings. The molecule has 1 amide bonds. The Labute approximate surface area is 197 Å². The summed E-state index contributed by atoms with van der Waals surface area (Å²) in [5, 5.41) is 8.51. The van der Waals surface area contributed by atoms with E-state index in [0.29, 0.717) is 6.42 Å². The third-order valence-electron chi connectivity index (χ3n) is 6.11. The summed E-state index contributed by atoms with van der Waals surface area (Å²) in [6.07, 6.45) is 0.558. The number of carbonyl (C=O) groups is 1. The molecule has 1 atom stereocenters. The number of hydrogen-bond donors (Lipinski definition) is 1. The molecule has 0 saturated heterocycles. The third-order valence-corrected chi connectivity index (χ3v) is 7.08. The van der Waals surface area contributed by atoms with Crippen LogP contribution in [0.3, 0.4) is 0 Å². The Balaban J connectivity index is 1.61. The smallest absolute Gasteiger partial charge is 0.247 e. The highest BCUT2D eigenvalue weighted by atomic mass is 32.1. The summed E-state index contributed by atoms with van der Waals surface area (Å²) in [7, 11) is 0. The van der Waals surface area contributed by atoms with Crippen molar-refractivity contribution >= 4 is 43.8 Å². The lowest BCUT2D eigenvalue weighted by Gasteiger charge is -2.27. The molecule has 2 nitrogen and oxygen atoms in total. The van der Waals surface area contributed by atoms with Crippen molar-refractivity contribution in [3.05, 3.63) is 114 Å². The molecule has 1 N–H and O–H groups in total. The van der Waals surface area contributed by atoms with E-state index in [2.05, 4.69) is 46.8 Å². The Morgan fingerprint density at radius 3 is 2.36 bits per heavy atom. The van der Waals surface area contributed by atoms with Crippen LogP contribution >= 0.6 is 11.3 Å². The van der Waals surface area contributed by atoms with Gasteiger partial charge in [-0.3, -0.25) is 4.79 Å². The Hall–Kier alpha value is -3.87. The van der Waals surface area contributed by atoms with Gasteiger partial charge in [-0.25, -0.2) is 0 Å². The van der Waals surface area contributed by atoms with Crippen LogP contribution in [0.15, 0.2) is 102 Å². The topological polar surface area (TPSA) is 29.1 Å². The van der Waals surface area contributed by atoms with Gasteiger partial charge in [0.2, 0.25) is 5.91 Å². The first-order valence-electron chi connectivity index (χ1n) is 11.1. The van der Waals surface area contributed by atoms with Crippen LogP contribution in [0.4, 0.5) is 5.69 Å². The van der Waals surface area contributed by atoms with E-state index in [4.69, 9.17) is 0 Å². The van der Waals surface area contributed by atoms with Crippen molar-refractivity contribution in [3.63, 3.8) is 0 Å². The van der Waals surface area contributed by atoms with Gasteiger partial charge in [0.25, 0.3) is 0 Å². The van der Waals surface area contributed by atoms with Crippen LogP contribution in [0, 0.1) is 11.8 Å². The Morgan fingerprint density at radius 2 is 1.55 bits per heavy atom. The van der Waals surface area contributed by atoms with E-state index in [1.54, 1.807) is 11.3 Å². The Bertz CT molecular complexity index is 1500. The number of amides is 1. The SMILES string of the molecule is CC[C@](C#Cc1csc2ccccc12)(C(=O)Nc1cccc2ccccc12)c1ccccc1. The number of fused-ring (bicyclic) bond motifs is 2. The number of anilines is 1. The first kappa shape index (κ1) is 21.0. The summed E-state index contributed by atoms with van der Waals surface area (Å²) in [4.78, 5) is 13.9. The molecule has 0 aliphatic heterocycles. The van der Waals surface area contributed by atoms with Crippen molar-refractivity contribution < 1.29 is 4.79 Å². The summed E-state index contributed by atoms with van der Waals surface area (Å²) in [6, 6.07) is 32.2. The van der Waals surface area contributed by atoms with E-state index in [1.165, 1.54) is 4.70 Å². The number of thiophene rings is 1. The minimum atomic E-state index is -0.971. The molecular weight excluding hydrogens is 422 g/mol. The average Bonchev–Trinajstić information content (AvgIpc) is 3.29. The minimum Gasteiger partial charge on any atom is -0.324 e. The summed E-state index contributed by atoms with van der Waals surface area (Å²) in [5.74, 6) is 6.66. The molecule has 1 heterocycles. The quantitative estimate of drug-likeness (QED) is 0.287. The fraction of sp³-hybridized carbons (Fsp3) is 0.100. The maximum Gasteiger partial charge on any atom is 0.247 e. The second kappa shape index (κ2) is 8.94. The van der Waals surface area contributed by atoms with Gasteiger partial charge in [0.1, 0.15) is 5.41 Å². The van der Waals surface area contributed by atoms with Crippen molar-refractivity contribution in [1.29, 1.82) is 0 Å². The van der Waals surface area contributed by atoms with Crippen LogP contribution in [0.1, 0.15) is 24.5 Å². The Morgan fingerprint density at radius 1 is 0.848 bits per heavy atom. The lowest BCUT2D eigenvalue weighted by atomic mass is 9.77. The van der Waals surface area contributed by atoms with E-state index in [-0.39, 0.29) is 5.91 Å². The fourth-order valence-corrected chi connectivity index (χ4v) is 5.14. The van der Waals surface area contributed by atoms with E-state index in [9.17, 15) is 4.79 Å². The minimum absolute atomic E-state index is 0.111. The zero-order valence-electron chi connectivity index (χ0n) is 18.3. The van der Waals surface area contributed by atoms with Gasteiger partial charge in [-0.15, -0.1) is 11.3 Å². The second-order valence-electron chi connectivity index (χ2n) is 8.00. The molecule has 0 radical (unpaired) electrons. The van der Waals surface area contributed by atoms with Crippen LogP contribution < -0.4 is 5.32 Å². The molecule has 5 aromatic rings. The van der Waals surface area contributed by atoms with E-state index in [0.717, 1.165) is 33.0 Å². The highest BCUT2D eigenvalue weighted by Crippen LogP contribution is 2.32. The predicted octanol–water partition coefficient (Wildman–Crippen LogP) is 7.39. The zero-order valence-corrected chi connectivity index (χ0v) is 19.2. The van der Waals surface area contributed by atoms with E-state index in [1.807, 2.05) is 79.7 Å². The molecule has 0 saturated carbocycles. The first-order valence-corrected chi connectivity index (χ1v) is 11.9. The van der Waals surface area contributed by atoms with Crippen molar-refractivity contribution in [1.82, 2.24) is 0 Å². The fourth-order valence-electron chi connectivity index (χ4n) is 4.25. The molecule has 1 aromatic heterocycles. The van der Waals surface area contributed by atoms with Crippen molar-refractivity contribution in [3.8, 4) is 11.8 Å². The number of hydrogen-bond acceptors (Lipinski definition) is 2. The van der Waals surface area contributed by atoms with Gasteiger partial charge < -0.3 is 5.32 Å². The standard InChI is InChI=1S/C30H23NOS/c1-2-30(24-13-4-3-5-14-24,20-19-23-21-33-28-18-9-8-16-26(23)28)29(32)31-27-17-10-12-22-11-6-7-15-25(22)27/h3-18,21H,2H2,1H3,(H,31,32)/t30-/m1/s1. The second-order valence-corrected chi connectivity index (χ2v) is 8.91. The van der Waals surface area contributed by atoms with Crippen LogP contribution in [-0.2, 0) is 10.2 Å². The highest BCUT2D eigenvalue weighted by molar-refractivity contribution is 7.17. The van der Waals surface area contributed by atoms with E-state index >= 15 is 0 Å². The van der Waals surface area contributed by atoms with Crippen molar-refractivity contribution in [2.24, 2.45) is 0 Å². The number of rotatable bonds is 4. The maximum atomic E-state index is 13.9. The van der Waals surface area contributed by atoms with Crippen LogP contribution in [0.5, 0.6) is 0 Å². The molecule has 0 unspecified atom stereocenters. The number of nitrogens with one attached hydrogen (secondary N) is 1. The molecule has 160 valence electrons. The van der Waals surface area contributed by atoms with Gasteiger partial charge in [0.15, 0.2) is 0 Å². The molecule has 5 rings (SSSR count). The van der Waals surface area contributed by atoms with Crippen LogP contribution in [0.25, 0.3) is 20.9 Å². The predicted molar refractivity (Wildman–Crippen MR) is 140 cm³/mol. The summed E-state index contributed by atoms with van der Waals surface area (Å²) in [6.45, 7) is 2.02. The Kier molecular flexibility index (Phi) is 5.69. The van der Waals surface area contributed by atoms with Crippen molar-refractivity contribution in [2.75, 3.05) is 5.32 Å². The van der Waals surface area contributed by atoms with Crippen molar-refractivity contribution in [2.45, 2.75) is 18.8 Å². The lowest BCUT2D eigenvalue weighted by Crippen LogP contribution is -2.39.